The molecule has 0 fully saturated rings. The molecule has 0 amide bonds. The standard InChI is InChI=1S/C57H36N2O.C51H32N2O/c1-3-18-37(19-4-1)39-34-35-46(41-23-8-7-22-40(39)41)53-36-52(58-56(59-53)38-20-5-2-6-21-38)45-27-10-9-24-42(45)47-28-17-32-51-55(47)60-54-33-16-15-31-50(54)57(51)48-29-13-11-25-43(48)44-26-12-14-30-49(44)57;1-2-17-34(18-3-1)50-52-46(39-25-14-19-33-16-4-5-20-35(33)39)32-47(53-50)40-24-7-6-21-36(40)41-26-15-30-45-49(41)54-48-31-13-12-29-44(48)51(45)42-27-10-8-22-37(42)38-23-9-11-28-43(38)51/h1-36H;1-32H. The van der Waals surface area contributed by atoms with E-state index in [4.69, 9.17) is 29.4 Å². The summed E-state index contributed by atoms with van der Waals surface area (Å²) in [5, 5.41) is 4.65. The SMILES string of the molecule is c1ccc(-c2nc(-c3ccccc3-c3cccc4c3Oc3ccccc3C43c4ccccc4-c4ccccc43)cc(-c3ccc(-c4ccccc4)c4ccccc34)n2)cc1.c1ccc(-c2nc(-c3ccccc3-c3cccc4c3Oc3ccccc3C43c4ccccc4-c4ccccc43)cc(-c3cccc4ccccc34)n2)cc1. The molecule has 2 spiro atoms. The fourth-order valence-corrected chi connectivity index (χ4v) is 18.8. The van der Waals surface area contributed by atoms with Gasteiger partial charge < -0.3 is 9.47 Å². The molecule has 114 heavy (non-hydrogen) atoms. The molecule has 0 unspecified atom stereocenters. The molecule has 0 atom stereocenters. The van der Waals surface area contributed by atoms with Gasteiger partial charge in [0.25, 0.3) is 0 Å². The Morgan fingerprint density at radius 3 is 0.904 bits per heavy atom. The van der Waals surface area contributed by atoms with Gasteiger partial charge in [-0.25, -0.2) is 19.9 Å². The fourth-order valence-electron chi connectivity index (χ4n) is 18.8. The molecule has 0 saturated heterocycles. The molecule has 0 N–H and O–H groups in total. The van der Waals surface area contributed by atoms with E-state index < -0.39 is 10.8 Å². The van der Waals surface area contributed by atoms with E-state index in [2.05, 4.69) is 376 Å². The number of rotatable bonds is 9. The summed E-state index contributed by atoms with van der Waals surface area (Å²) in [4.78, 5) is 21.2. The predicted octanol–water partition coefficient (Wildman–Crippen LogP) is 27.2. The second-order valence-electron chi connectivity index (χ2n) is 29.6. The van der Waals surface area contributed by atoms with Crippen LogP contribution in [0.3, 0.4) is 0 Å². The van der Waals surface area contributed by atoms with Crippen LogP contribution in [0.25, 0.3) is 145 Å². The largest absolute Gasteiger partial charge is 0.456 e. The Kier molecular flexibility index (Phi) is 15.6. The molecule has 6 heteroatoms. The monoisotopic (exact) mass is 1450 g/mol. The lowest BCUT2D eigenvalue weighted by Gasteiger charge is -2.40. The first kappa shape index (κ1) is 66.0. The summed E-state index contributed by atoms with van der Waals surface area (Å²) in [5.41, 5.74) is 29.6. The van der Waals surface area contributed by atoms with Gasteiger partial charge in [-0.15, -0.1) is 0 Å². The average molecular weight is 1450 g/mol. The van der Waals surface area contributed by atoms with Crippen molar-refractivity contribution in [3.8, 4) is 146 Å². The van der Waals surface area contributed by atoms with Gasteiger partial charge >= 0.3 is 0 Å². The summed E-state index contributed by atoms with van der Waals surface area (Å²) < 4.78 is 14.2. The third kappa shape index (κ3) is 10.3. The Morgan fingerprint density at radius 1 is 0.175 bits per heavy atom. The predicted molar refractivity (Wildman–Crippen MR) is 463 cm³/mol. The highest BCUT2D eigenvalue weighted by atomic mass is 16.5. The van der Waals surface area contributed by atoms with Gasteiger partial charge in [0, 0.05) is 66.8 Å². The van der Waals surface area contributed by atoms with Crippen molar-refractivity contribution >= 4 is 21.5 Å². The maximum absolute atomic E-state index is 7.12. The van der Waals surface area contributed by atoms with E-state index >= 15 is 0 Å². The third-order valence-electron chi connectivity index (χ3n) is 23.6. The number of ether oxygens (including phenoxy) is 2. The molecule has 6 nitrogen and oxygen atoms in total. The molecule has 2 aliphatic carbocycles. The lowest BCUT2D eigenvalue weighted by Crippen LogP contribution is -2.32. The normalized spacial score (nSPS) is 13.0. The lowest BCUT2D eigenvalue weighted by molar-refractivity contribution is 0.438. The molecule has 2 aromatic heterocycles. The summed E-state index contributed by atoms with van der Waals surface area (Å²) in [6, 6.07) is 146. The van der Waals surface area contributed by atoms with Gasteiger partial charge in [0.1, 0.15) is 23.0 Å². The van der Waals surface area contributed by atoms with E-state index in [-0.39, 0.29) is 0 Å². The zero-order valence-corrected chi connectivity index (χ0v) is 61.9. The number of hydrogen-bond donors (Lipinski definition) is 0. The summed E-state index contributed by atoms with van der Waals surface area (Å²) in [6.45, 7) is 0. The summed E-state index contributed by atoms with van der Waals surface area (Å²) in [5.74, 6) is 4.81. The molecular formula is C108H68N4O2. The number of benzene rings is 17. The Bertz CT molecular complexity index is 6980. The summed E-state index contributed by atoms with van der Waals surface area (Å²) in [7, 11) is 0. The minimum atomic E-state index is -0.558. The fraction of sp³-hybridized carbons (Fsp3) is 0.0185. The molecule has 4 heterocycles. The Morgan fingerprint density at radius 2 is 0.456 bits per heavy atom. The van der Waals surface area contributed by atoms with Gasteiger partial charge in [0.15, 0.2) is 11.6 Å². The van der Waals surface area contributed by atoms with Crippen LogP contribution in [-0.4, -0.2) is 19.9 Å². The van der Waals surface area contributed by atoms with E-state index in [1.54, 1.807) is 0 Å². The van der Waals surface area contributed by atoms with Crippen molar-refractivity contribution in [1.82, 2.24) is 19.9 Å². The highest BCUT2D eigenvalue weighted by Crippen LogP contribution is 2.66. The first-order valence-corrected chi connectivity index (χ1v) is 38.9. The molecule has 4 aliphatic rings. The van der Waals surface area contributed by atoms with Crippen LogP contribution < -0.4 is 9.47 Å². The second-order valence-corrected chi connectivity index (χ2v) is 29.6. The van der Waals surface area contributed by atoms with Crippen LogP contribution in [0.4, 0.5) is 0 Å². The van der Waals surface area contributed by atoms with Crippen molar-refractivity contribution in [2.45, 2.75) is 10.8 Å². The van der Waals surface area contributed by atoms with Crippen LogP contribution in [0.15, 0.2) is 413 Å². The molecule has 23 rings (SSSR count). The van der Waals surface area contributed by atoms with Crippen molar-refractivity contribution in [3.63, 3.8) is 0 Å². The maximum Gasteiger partial charge on any atom is 0.160 e. The van der Waals surface area contributed by atoms with E-state index in [9.17, 15) is 0 Å². The van der Waals surface area contributed by atoms with Crippen molar-refractivity contribution < 1.29 is 9.47 Å². The van der Waals surface area contributed by atoms with Crippen molar-refractivity contribution in [2.24, 2.45) is 0 Å². The van der Waals surface area contributed by atoms with Crippen LogP contribution in [0.5, 0.6) is 23.0 Å². The van der Waals surface area contributed by atoms with Crippen molar-refractivity contribution in [2.75, 3.05) is 0 Å². The van der Waals surface area contributed by atoms with Gasteiger partial charge in [0.05, 0.1) is 33.6 Å². The zero-order valence-electron chi connectivity index (χ0n) is 61.9. The second kappa shape index (κ2) is 27.0. The van der Waals surface area contributed by atoms with Gasteiger partial charge in [-0.1, -0.05) is 388 Å². The zero-order chi connectivity index (χ0) is 75.3. The average Bonchev–Trinajstić information content (AvgIpc) is 1.49. The number of nitrogens with zero attached hydrogens (tertiary/aromatic N) is 4. The van der Waals surface area contributed by atoms with Gasteiger partial charge in [-0.05, 0) is 113 Å². The molecule has 17 aromatic carbocycles. The van der Waals surface area contributed by atoms with E-state index in [1.807, 2.05) is 36.4 Å². The number of fused-ring (bicyclic) bond motifs is 20. The van der Waals surface area contributed by atoms with E-state index in [0.717, 1.165) is 134 Å². The van der Waals surface area contributed by atoms with Crippen LogP contribution >= 0.6 is 0 Å². The Balaban J connectivity index is 0.000000140. The number of para-hydroxylation sites is 4. The molecule has 0 saturated carbocycles. The maximum atomic E-state index is 7.12. The minimum absolute atomic E-state index is 0.542. The van der Waals surface area contributed by atoms with Crippen LogP contribution in [0.2, 0.25) is 0 Å². The minimum Gasteiger partial charge on any atom is -0.456 e. The Labute approximate surface area is 661 Å². The molecule has 2 aliphatic heterocycles. The quantitative estimate of drug-likeness (QED) is 0.143. The van der Waals surface area contributed by atoms with Crippen molar-refractivity contribution in [3.05, 3.63) is 457 Å². The van der Waals surface area contributed by atoms with Crippen LogP contribution in [-0.2, 0) is 10.8 Å². The lowest BCUT2D eigenvalue weighted by atomic mass is 9.65. The van der Waals surface area contributed by atoms with Crippen molar-refractivity contribution in [1.29, 1.82) is 0 Å². The third-order valence-corrected chi connectivity index (χ3v) is 23.6. The highest BCUT2D eigenvalue weighted by Gasteiger charge is 2.53. The molecule has 19 aromatic rings. The molecule has 532 valence electrons. The highest BCUT2D eigenvalue weighted by molar-refractivity contribution is 6.06. The first-order valence-electron chi connectivity index (χ1n) is 38.9. The summed E-state index contributed by atoms with van der Waals surface area (Å²) in [6.07, 6.45) is 0. The van der Waals surface area contributed by atoms with Crippen LogP contribution in [0, 0.1) is 0 Å². The van der Waals surface area contributed by atoms with Gasteiger partial charge in [-0.3, -0.25) is 0 Å². The van der Waals surface area contributed by atoms with E-state index in [1.165, 1.54) is 66.4 Å². The smallest absolute Gasteiger partial charge is 0.160 e. The molecular weight excluding hydrogens is 1390 g/mol. The van der Waals surface area contributed by atoms with Gasteiger partial charge in [-0.2, -0.15) is 0 Å². The molecule has 0 bridgehead atoms. The van der Waals surface area contributed by atoms with E-state index in [0.29, 0.717) is 11.6 Å². The topological polar surface area (TPSA) is 70.0 Å². The summed E-state index contributed by atoms with van der Waals surface area (Å²) >= 11 is 0. The van der Waals surface area contributed by atoms with Crippen LogP contribution in [0.1, 0.15) is 44.5 Å². The molecule has 0 radical (unpaired) electrons. The first-order chi connectivity index (χ1) is 56.6. The Hall–Kier alpha value is -15.0. The number of hydrogen-bond acceptors (Lipinski definition) is 6. The number of aromatic nitrogens is 4. The van der Waals surface area contributed by atoms with Gasteiger partial charge in [0.2, 0.25) is 0 Å².